The second-order valence-electron chi connectivity index (χ2n) is 8.07. The topological polar surface area (TPSA) is 86.9 Å². The van der Waals surface area contributed by atoms with Crippen LogP contribution >= 0.6 is 0 Å². The standard InChI is InChI=1S/C25H24N4O2/c30-24(16-11-12-16)29-22-15-18-7-2-1-6-17(18)14-19(22)25(31)26-13-5-10-23-27-20-8-3-4-9-21(20)28-23/h1-4,6-9,14-16H,5,10-13H2,(H,26,31)(H,27,28)(H,29,30). The molecule has 2 amide bonds. The van der Waals surface area contributed by atoms with Crippen LogP contribution < -0.4 is 10.6 Å². The van der Waals surface area contributed by atoms with Gasteiger partial charge >= 0.3 is 0 Å². The highest BCUT2D eigenvalue weighted by Crippen LogP contribution is 2.32. The summed E-state index contributed by atoms with van der Waals surface area (Å²) in [6, 6.07) is 19.5. The molecule has 0 spiro atoms. The second-order valence-corrected chi connectivity index (χ2v) is 8.07. The first-order valence-electron chi connectivity index (χ1n) is 10.7. The Hall–Kier alpha value is -3.67. The lowest BCUT2D eigenvalue weighted by Crippen LogP contribution is -2.26. The monoisotopic (exact) mass is 412 g/mol. The molecular formula is C25H24N4O2. The molecule has 0 unspecified atom stereocenters. The van der Waals surface area contributed by atoms with Gasteiger partial charge in [0.15, 0.2) is 0 Å². The average Bonchev–Trinajstić information content (AvgIpc) is 3.55. The Morgan fingerprint density at radius 3 is 2.52 bits per heavy atom. The Labute approximate surface area is 180 Å². The summed E-state index contributed by atoms with van der Waals surface area (Å²) in [5.74, 6) is 0.806. The third kappa shape index (κ3) is 4.28. The summed E-state index contributed by atoms with van der Waals surface area (Å²) in [4.78, 5) is 33.2. The normalized spacial score (nSPS) is 13.4. The largest absolute Gasteiger partial charge is 0.352 e. The summed E-state index contributed by atoms with van der Waals surface area (Å²) in [5, 5.41) is 7.92. The van der Waals surface area contributed by atoms with E-state index in [0.29, 0.717) is 17.8 Å². The number of hydrogen-bond acceptors (Lipinski definition) is 3. The molecular weight excluding hydrogens is 388 g/mol. The van der Waals surface area contributed by atoms with Crippen molar-refractivity contribution in [2.24, 2.45) is 5.92 Å². The maximum atomic E-state index is 12.9. The number of hydrogen-bond donors (Lipinski definition) is 3. The van der Waals surface area contributed by atoms with Crippen molar-refractivity contribution in [2.45, 2.75) is 25.7 Å². The van der Waals surface area contributed by atoms with Gasteiger partial charge in [0.05, 0.1) is 22.3 Å². The predicted molar refractivity (Wildman–Crippen MR) is 122 cm³/mol. The molecule has 4 aromatic rings. The van der Waals surface area contributed by atoms with E-state index < -0.39 is 0 Å². The highest BCUT2D eigenvalue weighted by molar-refractivity contribution is 6.08. The fourth-order valence-corrected chi connectivity index (χ4v) is 3.79. The number of H-pyrrole nitrogens is 1. The quantitative estimate of drug-likeness (QED) is 0.393. The molecule has 1 aromatic heterocycles. The number of nitrogens with one attached hydrogen (secondary N) is 3. The van der Waals surface area contributed by atoms with E-state index in [-0.39, 0.29) is 17.7 Å². The number of nitrogens with zero attached hydrogens (tertiary/aromatic N) is 1. The summed E-state index contributed by atoms with van der Waals surface area (Å²) in [7, 11) is 0. The Bertz CT molecular complexity index is 1240. The number of aromatic nitrogens is 2. The van der Waals surface area contributed by atoms with E-state index in [2.05, 4.69) is 20.6 Å². The molecule has 31 heavy (non-hydrogen) atoms. The van der Waals surface area contributed by atoms with Crippen LogP contribution in [0.5, 0.6) is 0 Å². The van der Waals surface area contributed by atoms with Gasteiger partial charge in [0.1, 0.15) is 5.82 Å². The molecule has 0 radical (unpaired) electrons. The van der Waals surface area contributed by atoms with E-state index in [9.17, 15) is 9.59 Å². The molecule has 156 valence electrons. The van der Waals surface area contributed by atoms with Crippen LogP contribution in [0, 0.1) is 5.92 Å². The van der Waals surface area contributed by atoms with E-state index in [4.69, 9.17) is 0 Å². The van der Waals surface area contributed by atoms with Crippen molar-refractivity contribution in [1.29, 1.82) is 0 Å². The third-order valence-electron chi connectivity index (χ3n) is 5.65. The molecule has 0 atom stereocenters. The predicted octanol–water partition coefficient (Wildman–Crippen LogP) is 4.43. The molecule has 6 heteroatoms. The van der Waals surface area contributed by atoms with Crippen LogP contribution in [0.3, 0.4) is 0 Å². The Morgan fingerprint density at radius 2 is 1.74 bits per heavy atom. The minimum absolute atomic E-state index is 0.00535. The molecule has 1 saturated carbocycles. The fourth-order valence-electron chi connectivity index (χ4n) is 3.79. The SMILES string of the molecule is O=C(NCCCc1nc2ccccc2[nH]1)c1cc2ccccc2cc1NC(=O)C1CC1. The highest BCUT2D eigenvalue weighted by atomic mass is 16.2. The summed E-state index contributed by atoms with van der Waals surface area (Å²) in [6.45, 7) is 0.527. The van der Waals surface area contributed by atoms with Gasteiger partial charge in [-0.05, 0) is 54.3 Å². The van der Waals surface area contributed by atoms with Crippen LogP contribution in [0.25, 0.3) is 21.8 Å². The first kappa shape index (κ1) is 19.3. The van der Waals surface area contributed by atoms with Crippen LogP contribution in [0.4, 0.5) is 5.69 Å². The number of benzene rings is 3. The van der Waals surface area contributed by atoms with Gasteiger partial charge in [-0.25, -0.2) is 4.98 Å². The van der Waals surface area contributed by atoms with Gasteiger partial charge in [0.2, 0.25) is 5.91 Å². The molecule has 6 nitrogen and oxygen atoms in total. The molecule has 1 fully saturated rings. The van der Waals surface area contributed by atoms with Crippen LogP contribution in [0.2, 0.25) is 0 Å². The molecule has 0 saturated heterocycles. The molecule has 1 aliphatic carbocycles. The fraction of sp³-hybridized carbons (Fsp3) is 0.240. The molecule has 1 heterocycles. The lowest BCUT2D eigenvalue weighted by molar-refractivity contribution is -0.117. The average molecular weight is 412 g/mol. The van der Waals surface area contributed by atoms with Gasteiger partial charge in [0.25, 0.3) is 5.91 Å². The van der Waals surface area contributed by atoms with Gasteiger partial charge in [-0.3, -0.25) is 9.59 Å². The smallest absolute Gasteiger partial charge is 0.253 e. The molecule has 0 bridgehead atoms. The van der Waals surface area contributed by atoms with Crippen LogP contribution in [0.1, 0.15) is 35.4 Å². The van der Waals surface area contributed by atoms with Gasteiger partial charge < -0.3 is 15.6 Å². The zero-order valence-corrected chi connectivity index (χ0v) is 17.2. The van der Waals surface area contributed by atoms with Crippen molar-refractivity contribution in [3.8, 4) is 0 Å². The van der Waals surface area contributed by atoms with Gasteiger partial charge in [-0.2, -0.15) is 0 Å². The van der Waals surface area contributed by atoms with Gasteiger partial charge in [-0.1, -0.05) is 36.4 Å². The minimum Gasteiger partial charge on any atom is -0.352 e. The number of anilines is 1. The third-order valence-corrected chi connectivity index (χ3v) is 5.65. The lowest BCUT2D eigenvalue weighted by Gasteiger charge is -2.13. The zero-order valence-electron chi connectivity index (χ0n) is 17.2. The maximum Gasteiger partial charge on any atom is 0.253 e. The number of aryl methyl sites for hydroxylation is 1. The Balaban J connectivity index is 1.27. The number of amides is 2. The van der Waals surface area contributed by atoms with Crippen LogP contribution in [-0.4, -0.2) is 28.3 Å². The number of carbonyl (C=O) groups excluding carboxylic acids is 2. The zero-order chi connectivity index (χ0) is 21.2. The van der Waals surface area contributed by atoms with Crippen molar-refractivity contribution in [3.63, 3.8) is 0 Å². The van der Waals surface area contributed by atoms with E-state index in [0.717, 1.165) is 53.3 Å². The Kier molecular flexibility index (Phi) is 5.12. The number of aromatic amines is 1. The van der Waals surface area contributed by atoms with Crippen molar-refractivity contribution >= 4 is 39.3 Å². The van der Waals surface area contributed by atoms with E-state index >= 15 is 0 Å². The summed E-state index contributed by atoms with van der Waals surface area (Å²) in [6.07, 6.45) is 3.35. The van der Waals surface area contributed by atoms with Crippen LogP contribution in [0.15, 0.2) is 60.7 Å². The number of fused-ring (bicyclic) bond motifs is 2. The van der Waals surface area contributed by atoms with E-state index in [1.54, 1.807) is 0 Å². The molecule has 3 N–H and O–H groups in total. The van der Waals surface area contributed by atoms with E-state index in [1.165, 1.54) is 0 Å². The number of imidazole rings is 1. The first-order valence-corrected chi connectivity index (χ1v) is 10.7. The highest BCUT2D eigenvalue weighted by Gasteiger charge is 2.30. The maximum absolute atomic E-state index is 12.9. The van der Waals surface area contributed by atoms with Crippen molar-refractivity contribution in [3.05, 3.63) is 72.1 Å². The summed E-state index contributed by atoms with van der Waals surface area (Å²) < 4.78 is 0. The number of carbonyl (C=O) groups is 2. The summed E-state index contributed by atoms with van der Waals surface area (Å²) in [5.41, 5.74) is 3.05. The second kappa shape index (κ2) is 8.22. The molecule has 5 rings (SSSR count). The molecule has 3 aromatic carbocycles. The van der Waals surface area contributed by atoms with E-state index in [1.807, 2.05) is 60.7 Å². The Morgan fingerprint density at radius 1 is 1.00 bits per heavy atom. The van der Waals surface area contributed by atoms with Gasteiger partial charge in [-0.15, -0.1) is 0 Å². The minimum atomic E-state index is -0.179. The first-order chi connectivity index (χ1) is 15.2. The lowest BCUT2D eigenvalue weighted by atomic mass is 10.0. The van der Waals surface area contributed by atoms with Crippen molar-refractivity contribution in [2.75, 3.05) is 11.9 Å². The summed E-state index contributed by atoms with van der Waals surface area (Å²) >= 11 is 0. The van der Waals surface area contributed by atoms with Gasteiger partial charge in [0, 0.05) is 18.9 Å². The number of para-hydroxylation sites is 2. The molecule has 0 aliphatic heterocycles. The van der Waals surface area contributed by atoms with Crippen LogP contribution in [-0.2, 0) is 11.2 Å². The molecule has 1 aliphatic rings. The van der Waals surface area contributed by atoms with Crippen molar-refractivity contribution in [1.82, 2.24) is 15.3 Å². The van der Waals surface area contributed by atoms with Crippen molar-refractivity contribution < 1.29 is 9.59 Å². The number of rotatable bonds is 7.